The van der Waals surface area contributed by atoms with E-state index in [4.69, 9.17) is 0 Å². The fourth-order valence-corrected chi connectivity index (χ4v) is 2.43. The Labute approximate surface area is 128 Å². The van der Waals surface area contributed by atoms with Gasteiger partial charge in [-0.1, -0.05) is 13.0 Å². The van der Waals surface area contributed by atoms with Gasteiger partial charge in [-0.05, 0) is 53.3 Å². The van der Waals surface area contributed by atoms with Crippen LogP contribution in [0.3, 0.4) is 0 Å². The Kier molecular flexibility index (Phi) is 4.41. The minimum atomic E-state index is -4.89. The van der Waals surface area contributed by atoms with Crippen molar-refractivity contribution >= 4 is 11.9 Å². The van der Waals surface area contributed by atoms with Crippen LogP contribution in [0.2, 0.25) is 0 Å². The predicted octanol–water partition coefficient (Wildman–Crippen LogP) is 5.27. The Balaban J connectivity index is 2.62. The molecule has 0 N–H and O–H groups in total. The van der Waals surface area contributed by atoms with Gasteiger partial charge in [0.1, 0.15) is 6.29 Å². The molecule has 0 heterocycles. The van der Waals surface area contributed by atoms with Gasteiger partial charge in [-0.25, -0.2) is 0 Å². The molecule has 1 aromatic carbocycles. The Hall–Kier alpha value is -2.05. The number of aldehydes is 1. The van der Waals surface area contributed by atoms with Gasteiger partial charge >= 0.3 is 12.4 Å². The second-order valence-corrected chi connectivity index (χ2v) is 5.44. The summed E-state index contributed by atoms with van der Waals surface area (Å²) in [5.74, 6) is -0.154. The molecule has 0 spiro atoms. The SMILES string of the molecule is CC1C=C(c2cc(C(F)(F)F)cc(C(F)(F)F)c2)C=C(C=O)C1. The number of carbonyl (C=O) groups excluding carboxylic acids is 1. The topological polar surface area (TPSA) is 17.1 Å². The van der Waals surface area contributed by atoms with Crippen LogP contribution in [0.1, 0.15) is 30.0 Å². The van der Waals surface area contributed by atoms with E-state index in [0.29, 0.717) is 30.4 Å². The second-order valence-electron chi connectivity index (χ2n) is 5.44. The Morgan fingerprint density at radius 2 is 1.52 bits per heavy atom. The summed E-state index contributed by atoms with van der Waals surface area (Å²) >= 11 is 0. The molecular formula is C16H12F6O. The van der Waals surface area contributed by atoms with E-state index in [9.17, 15) is 31.1 Å². The average Bonchev–Trinajstić information content (AvgIpc) is 2.44. The lowest BCUT2D eigenvalue weighted by molar-refractivity contribution is -0.143. The molecule has 1 atom stereocenters. The molecule has 2 rings (SSSR count). The van der Waals surface area contributed by atoms with E-state index in [2.05, 4.69) is 0 Å². The summed E-state index contributed by atoms with van der Waals surface area (Å²) in [6.45, 7) is 1.73. The van der Waals surface area contributed by atoms with Crippen LogP contribution in [0.4, 0.5) is 26.3 Å². The molecule has 0 amide bonds. The lowest BCUT2D eigenvalue weighted by Gasteiger charge is -2.19. The number of hydrogen-bond acceptors (Lipinski definition) is 1. The molecule has 0 aliphatic heterocycles. The monoisotopic (exact) mass is 334 g/mol. The molecule has 124 valence electrons. The molecule has 1 aromatic rings. The first-order chi connectivity index (χ1) is 10.5. The highest BCUT2D eigenvalue weighted by Crippen LogP contribution is 2.39. The third-order valence-electron chi connectivity index (χ3n) is 3.44. The third kappa shape index (κ3) is 4.03. The molecule has 1 aliphatic rings. The minimum absolute atomic E-state index is 0.0840. The van der Waals surface area contributed by atoms with Crippen LogP contribution in [-0.2, 0) is 17.1 Å². The van der Waals surface area contributed by atoms with Crippen LogP contribution < -0.4 is 0 Å². The molecule has 7 heteroatoms. The van der Waals surface area contributed by atoms with E-state index in [-0.39, 0.29) is 23.1 Å². The smallest absolute Gasteiger partial charge is 0.298 e. The highest BCUT2D eigenvalue weighted by Gasteiger charge is 2.37. The van der Waals surface area contributed by atoms with Gasteiger partial charge in [-0.2, -0.15) is 26.3 Å². The fraction of sp³-hybridized carbons (Fsp3) is 0.312. The van der Waals surface area contributed by atoms with Crippen LogP contribution >= 0.6 is 0 Å². The van der Waals surface area contributed by atoms with Crippen molar-refractivity contribution in [2.24, 2.45) is 5.92 Å². The number of alkyl halides is 6. The summed E-state index contributed by atoms with van der Waals surface area (Å²) < 4.78 is 77.2. The molecule has 1 aliphatic carbocycles. The van der Waals surface area contributed by atoms with Gasteiger partial charge in [0.15, 0.2) is 0 Å². The lowest BCUT2D eigenvalue weighted by Crippen LogP contribution is -2.12. The van der Waals surface area contributed by atoms with E-state index >= 15 is 0 Å². The number of rotatable bonds is 2. The zero-order chi connectivity index (χ0) is 17.4. The summed E-state index contributed by atoms with van der Waals surface area (Å²) in [7, 11) is 0. The van der Waals surface area contributed by atoms with E-state index < -0.39 is 23.5 Å². The van der Waals surface area contributed by atoms with Crippen molar-refractivity contribution in [2.45, 2.75) is 25.7 Å². The average molecular weight is 334 g/mol. The number of hydrogen-bond donors (Lipinski definition) is 0. The second kappa shape index (κ2) is 5.86. The number of carbonyl (C=O) groups is 1. The maximum Gasteiger partial charge on any atom is 0.416 e. The van der Waals surface area contributed by atoms with Crippen molar-refractivity contribution < 1.29 is 31.1 Å². The van der Waals surface area contributed by atoms with Crippen LogP contribution in [0.15, 0.2) is 35.9 Å². The van der Waals surface area contributed by atoms with Gasteiger partial charge < -0.3 is 0 Å². The first kappa shape index (κ1) is 17.3. The van der Waals surface area contributed by atoms with Gasteiger partial charge in [-0.15, -0.1) is 0 Å². The standard InChI is InChI=1S/C16H12F6O/c1-9-2-10(8-23)4-11(3-9)12-5-13(15(17,18)19)7-14(6-12)16(20,21)22/h3-9H,2H2,1H3. The van der Waals surface area contributed by atoms with Gasteiger partial charge in [-0.3, -0.25) is 4.79 Å². The molecule has 0 radical (unpaired) electrons. The van der Waals surface area contributed by atoms with Crippen LogP contribution in [-0.4, -0.2) is 6.29 Å². The summed E-state index contributed by atoms with van der Waals surface area (Å²) in [5.41, 5.74) is -2.44. The van der Waals surface area contributed by atoms with Crippen molar-refractivity contribution in [3.63, 3.8) is 0 Å². The molecule has 23 heavy (non-hydrogen) atoms. The van der Waals surface area contributed by atoms with Crippen LogP contribution in [0.5, 0.6) is 0 Å². The quantitative estimate of drug-likeness (QED) is 0.532. The number of halogens is 6. The molecule has 1 unspecified atom stereocenters. The van der Waals surface area contributed by atoms with Gasteiger partial charge in [0.05, 0.1) is 11.1 Å². The summed E-state index contributed by atoms with van der Waals surface area (Å²) in [6.07, 6.45) is -5.95. The highest BCUT2D eigenvalue weighted by molar-refractivity contribution is 5.85. The Morgan fingerprint density at radius 1 is 1.00 bits per heavy atom. The van der Waals surface area contributed by atoms with Crippen molar-refractivity contribution in [1.29, 1.82) is 0 Å². The van der Waals surface area contributed by atoms with E-state index in [1.807, 2.05) is 0 Å². The van der Waals surface area contributed by atoms with E-state index in [0.717, 1.165) is 0 Å². The Bertz CT molecular complexity index is 647. The lowest BCUT2D eigenvalue weighted by atomic mass is 9.88. The first-order valence-electron chi connectivity index (χ1n) is 6.68. The normalized spacial score (nSPS) is 19.2. The zero-order valence-electron chi connectivity index (χ0n) is 11.9. The molecule has 0 saturated carbocycles. The van der Waals surface area contributed by atoms with Gasteiger partial charge in [0.25, 0.3) is 0 Å². The van der Waals surface area contributed by atoms with E-state index in [1.54, 1.807) is 13.0 Å². The summed E-state index contributed by atoms with van der Waals surface area (Å²) in [5, 5.41) is 0. The van der Waals surface area contributed by atoms with Crippen molar-refractivity contribution in [3.8, 4) is 0 Å². The van der Waals surface area contributed by atoms with Gasteiger partial charge in [0, 0.05) is 0 Å². The third-order valence-corrected chi connectivity index (χ3v) is 3.44. The largest absolute Gasteiger partial charge is 0.416 e. The van der Waals surface area contributed by atoms with Gasteiger partial charge in [0.2, 0.25) is 0 Å². The molecule has 0 bridgehead atoms. The summed E-state index contributed by atoms with van der Waals surface area (Å²) in [6, 6.07) is 1.41. The predicted molar refractivity (Wildman–Crippen MR) is 72.4 cm³/mol. The molecule has 0 saturated heterocycles. The summed E-state index contributed by atoms with van der Waals surface area (Å²) in [4.78, 5) is 10.9. The maximum atomic E-state index is 12.9. The number of allylic oxidation sites excluding steroid dienone is 4. The molecule has 0 fully saturated rings. The van der Waals surface area contributed by atoms with Crippen molar-refractivity contribution in [3.05, 3.63) is 52.6 Å². The maximum absolute atomic E-state index is 12.9. The highest BCUT2D eigenvalue weighted by atomic mass is 19.4. The van der Waals surface area contributed by atoms with E-state index in [1.165, 1.54) is 6.08 Å². The number of benzene rings is 1. The van der Waals surface area contributed by atoms with Crippen LogP contribution in [0, 0.1) is 5.92 Å². The van der Waals surface area contributed by atoms with Crippen LogP contribution in [0.25, 0.3) is 5.57 Å². The molecular weight excluding hydrogens is 322 g/mol. The molecule has 1 nitrogen and oxygen atoms in total. The zero-order valence-corrected chi connectivity index (χ0v) is 11.9. The minimum Gasteiger partial charge on any atom is -0.298 e. The Morgan fingerprint density at radius 3 is 1.96 bits per heavy atom. The van der Waals surface area contributed by atoms with Crippen molar-refractivity contribution in [1.82, 2.24) is 0 Å². The van der Waals surface area contributed by atoms with Crippen molar-refractivity contribution in [2.75, 3.05) is 0 Å². The fourth-order valence-electron chi connectivity index (χ4n) is 2.43. The first-order valence-corrected chi connectivity index (χ1v) is 6.68. The molecule has 0 aromatic heterocycles.